The van der Waals surface area contributed by atoms with Crippen molar-refractivity contribution in [1.29, 1.82) is 0 Å². The number of aryl methyl sites for hydroxylation is 1. The van der Waals surface area contributed by atoms with Gasteiger partial charge >= 0.3 is 6.09 Å². The smallest absolute Gasteiger partial charge is 0.426 e. The summed E-state index contributed by atoms with van der Waals surface area (Å²) in [5.74, 6) is -0.950. The van der Waals surface area contributed by atoms with Crippen LogP contribution in [0.15, 0.2) is 72.1 Å². The van der Waals surface area contributed by atoms with Crippen molar-refractivity contribution in [3.8, 4) is 0 Å². The highest BCUT2D eigenvalue weighted by Gasteiger charge is 2.58. The van der Waals surface area contributed by atoms with E-state index in [1.165, 1.54) is 18.2 Å². The first-order valence-corrected chi connectivity index (χ1v) is 9.33. The number of cyclic esters (lactones) is 1. The fourth-order valence-electron chi connectivity index (χ4n) is 2.84. The van der Waals surface area contributed by atoms with Crippen molar-refractivity contribution >= 4 is 22.0 Å². The van der Waals surface area contributed by atoms with Crippen LogP contribution in [0.5, 0.6) is 0 Å². The molecule has 1 aliphatic heterocycles. The number of rotatable bonds is 5. The molecule has 2 amide bonds. The van der Waals surface area contributed by atoms with Gasteiger partial charge in [-0.05, 0) is 19.1 Å². The van der Waals surface area contributed by atoms with Crippen LogP contribution in [-0.2, 0) is 25.2 Å². The lowest BCUT2D eigenvalue weighted by atomic mass is 9.90. The molecule has 2 aromatic carbocycles. The summed E-state index contributed by atoms with van der Waals surface area (Å²) in [6.45, 7) is 5.40. The maximum absolute atomic E-state index is 13.1. The largest absolute Gasteiger partial charge is 0.432 e. The van der Waals surface area contributed by atoms with Crippen molar-refractivity contribution in [3.63, 3.8) is 0 Å². The zero-order chi connectivity index (χ0) is 18.9. The van der Waals surface area contributed by atoms with Gasteiger partial charge in [0.15, 0.2) is 0 Å². The molecular formula is C19H17NO5S. The van der Waals surface area contributed by atoms with Crippen LogP contribution in [0.4, 0.5) is 4.79 Å². The van der Waals surface area contributed by atoms with E-state index in [0.29, 0.717) is 5.56 Å². The molecule has 0 radical (unpaired) electrons. The molecule has 7 heteroatoms. The van der Waals surface area contributed by atoms with Crippen LogP contribution in [0.2, 0.25) is 0 Å². The number of imide groups is 1. The predicted molar refractivity (Wildman–Crippen MR) is 94.6 cm³/mol. The van der Waals surface area contributed by atoms with E-state index >= 15 is 0 Å². The van der Waals surface area contributed by atoms with Crippen molar-refractivity contribution in [2.75, 3.05) is 0 Å². The van der Waals surface area contributed by atoms with Crippen LogP contribution in [0.1, 0.15) is 17.5 Å². The second-order valence-corrected chi connectivity index (χ2v) is 7.73. The lowest BCUT2D eigenvalue weighted by Crippen LogP contribution is -2.41. The summed E-state index contributed by atoms with van der Waals surface area (Å²) in [7, 11) is -4.38. The topological polar surface area (TPSA) is 80.8 Å². The first kappa shape index (κ1) is 17.9. The number of sulfonamides is 1. The van der Waals surface area contributed by atoms with Gasteiger partial charge < -0.3 is 4.74 Å². The van der Waals surface area contributed by atoms with Crippen LogP contribution in [-0.4, -0.2) is 24.7 Å². The molecule has 0 spiro atoms. The first-order valence-electron chi connectivity index (χ1n) is 7.89. The standard InChI is InChI=1S/C19H17NO5S/c1-3-13-19(15-7-5-4-6-8-15)17(21)20(18(22)25-19)26(23,24)16-11-9-14(2)10-12-16/h3-12H,1,13H2,2H3. The second-order valence-electron chi connectivity index (χ2n) is 5.94. The molecule has 134 valence electrons. The number of hydrogen-bond donors (Lipinski definition) is 0. The Morgan fingerprint density at radius 3 is 2.27 bits per heavy atom. The minimum absolute atomic E-state index is 0.0402. The molecule has 0 N–H and O–H groups in total. The summed E-state index contributed by atoms with van der Waals surface area (Å²) in [6, 6.07) is 14.2. The number of nitrogens with zero attached hydrogens (tertiary/aromatic N) is 1. The summed E-state index contributed by atoms with van der Waals surface area (Å²) in [6.07, 6.45) is 0.156. The molecule has 3 rings (SSSR count). The lowest BCUT2D eigenvalue weighted by molar-refractivity contribution is -0.134. The third-order valence-electron chi connectivity index (χ3n) is 4.19. The van der Waals surface area contributed by atoms with Gasteiger partial charge in [-0.15, -0.1) is 10.9 Å². The normalized spacial score (nSPS) is 20.1. The third-order valence-corrected chi connectivity index (χ3v) is 5.85. The molecule has 0 aromatic heterocycles. The Morgan fingerprint density at radius 1 is 1.08 bits per heavy atom. The van der Waals surface area contributed by atoms with Crippen molar-refractivity contribution in [2.24, 2.45) is 0 Å². The Labute approximate surface area is 151 Å². The van der Waals surface area contributed by atoms with Crippen molar-refractivity contribution < 1.29 is 22.7 Å². The van der Waals surface area contributed by atoms with Gasteiger partial charge in [0.25, 0.3) is 15.9 Å². The Balaban J connectivity index is 2.10. The molecule has 6 nitrogen and oxygen atoms in total. The fraction of sp³-hybridized carbons (Fsp3) is 0.158. The molecule has 0 saturated carbocycles. The van der Waals surface area contributed by atoms with Gasteiger partial charge in [-0.2, -0.15) is 0 Å². The van der Waals surface area contributed by atoms with E-state index in [2.05, 4.69) is 6.58 Å². The number of hydrogen-bond acceptors (Lipinski definition) is 5. The highest BCUT2D eigenvalue weighted by Crippen LogP contribution is 2.40. The monoisotopic (exact) mass is 371 g/mol. The number of ether oxygens (including phenoxy) is 1. The Kier molecular flexibility index (Phi) is 4.41. The molecular weight excluding hydrogens is 354 g/mol. The third kappa shape index (κ3) is 2.70. The average molecular weight is 371 g/mol. The minimum Gasteiger partial charge on any atom is -0.426 e. The van der Waals surface area contributed by atoms with Crippen LogP contribution in [0.25, 0.3) is 0 Å². The van der Waals surface area contributed by atoms with Crippen LogP contribution < -0.4 is 0 Å². The van der Waals surface area contributed by atoms with E-state index in [1.54, 1.807) is 49.4 Å². The van der Waals surface area contributed by atoms with Crippen molar-refractivity contribution in [1.82, 2.24) is 4.31 Å². The number of carbonyl (C=O) groups excluding carboxylic acids is 2. The highest BCUT2D eigenvalue weighted by atomic mass is 32.2. The Hall–Kier alpha value is -2.93. The van der Waals surface area contributed by atoms with Crippen LogP contribution >= 0.6 is 0 Å². The van der Waals surface area contributed by atoms with Gasteiger partial charge in [-0.25, -0.2) is 13.2 Å². The number of benzene rings is 2. The zero-order valence-corrected chi connectivity index (χ0v) is 14.9. The summed E-state index contributed by atoms with van der Waals surface area (Å²) in [5.41, 5.74) is -0.498. The van der Waals surface area contributed by atoms with Crippen LogP contribution in [0.3, 0.4) is 0 Å². The van der Waals surface area contributed by atoms with E-state index in [-0.39, 0.29) is 15.6 Å². The molecule has 1 unspecified atom stereocenters. The average Bonchev–Trinajstić information content (AvgIpc) is 2.88. The van der Waals surface area contributed by atoms with Crippen molar-refractivity contribution in [2.45, 2.75) is 23.8 Å². The van der Waals surface area contributed by atoms with Crippen LogP contribution in [0, 0.1) is 6.92 Å². The van der Waals surface area contributed by atoms with Gasteiger partial charge in [0.05, 0.1) is 4.90 Å². The van der Waals surface area contributed by atoms with E-state index in [1.807, 2.05) is 0 Å². The molecule has 0 aliphatic carbocycles. The first-order chi connectivity index (χ1) is 12.3. The molecule has 1 aliphatic rings. The molecule has 1 heterocycles. The van der Waals surface area contributed by atoms with E-state index < -0.39 is 27.6 Å². The van der Waals surface area contributed by atoms with Gasteiger partial charge in [-0.3, -0.25) is 4.79 Å². The zero-order valence-electron chi connectivity index (χ0n) is 14.1. The fourth-order valence-corrected chi connectivity index (χ4v) is 4.13. The van der Waals surface area contributed by atoms with Crippen molar-refractivity contribution in [3.05, 3.63) is 78.4 Å². The van der Waals surface area contributed by atoms with E-state index in [9.17, 15) is 18.0 Å². The Morgan fingerprint density at radius 2 is 1.69 bits per heavy atom. The summed E-state index contributed by atoms with van der Waals surface area (Å²) < 4.78 is 31.3. The molecule has 26 heavy (non-hydrogen) atoms. The van der Waals surface area contributed by atoms with E-state index in [0.717, 1.165) is 5.56 Å². The SMILES string of the molecule is C=CCC1(c2ccccc2)OC(=O)N(S(=O)(=O)c2ccc(C)cc2)C1=O. The Bertz CT molecular complexity index is 967. The molecule has 2 aromatic rings. The van der Waals surface area contributed by atoms with Gasteiger partial charge in [0.2, 0.25) is 5.60 Å². The maximum Gasteiger partial charge on any atom is 0.432 e. The molecule has 1 atom stereocenters. The quantitative estimate of drug-likeness (QED) is 0.754. The lowest BCUT2D eigenvalue weighted by Gasteiger charge is -2.23. The maximum atomic E-state index is 13.1. The summed E-state index contributed by atoms with van der Waals surface area (Å²) in [5, 5.41) is 0. The van der Waals surface area contributed by atoms with Gasteiger partial charge in [-0.1, -0.05) is 54.1 Å². The molecule has 0 bridgehead atoms. The summed E-state index contributed by atoms with van der Waals surface area (Å²) >= 11 is 0. The summed E-state index contributed by atoms with van der Waals surface area (Å²) in [4.78, 5) is 25.3. The highest BCUT2D eigenvalue weighted by molar-refractivity contribution is 7.90. The second kappa shape index (κ2) is 6.42. The van der Waals surface area contributed by atoms with Gasteiger partial charge in [0.1, 0.15) is 0 Å². The minimum atomic E-state index is -4.38. The van der Waals surface area contributed by atoms with E-state index in [4.69, 9.17) is 4.74 Å². The van der Waals surface area contributed by atoms with Gasteiger partial charge in [0, 0.05) is 12.0 Å². The molecule has 1 saturated heterocycles. The predicted octanol–water partition coefficient (Wildman–Crippen LogP) is 3.13. The molecule has 1 fully saturated rings. The number of carbonyl (C=O) groups is 2. The number of amides is 2.